The van der Waals surface area contributed by atoms with Crippen LogP contribution in [0.5, 0.6) is 0 Å². The van der Waals surface area contributed by atoms with E-state index in [0.29, 0.717) is 6.54 Å². The Hall–Kier alpha value is -1.06. The zero-order valence-electron chi connectivity index (χ0n) is 10.5. The van der Waals surface area contributed by atoms with Gasteiger partial charge in [0.2, 0.25) is 5.91 Å². The highest BCUT2D eigenvalue weighted by Crippen LogP contribution is 2.22. The summed E-state index contributed by atoms with van der Waals surface area (Å²) in [5.74, 6) is 0.00593. The summed E-state index contributed by atoms with van der Waals surface area (Å²) in [6, 6.07) is 7.46. The van der Waals surface area contributed by atoms with Crippen LogP contribution in [0.1, 0.15) is 32.4 Å². The first-order valence-corrected chi connectivity index (χ1v) is 6.22. The Bertz CT molecular complexity index is 381. The number of rotatable bonds is 5. The molecule has 0 aromatic heterocycles. The molecule has 0 saturated carbocycles. The van der Waals surface area contributed by atoms with E-state index in [-0.39, 0.29) is 18.0 Å². The lowest BCUT2D eigenvalue weighted by Gasteiger charge is -2.20. The normalized spacial score (nSPS) is 14.1. The third-order valence-corrected chi connectivity index (χ3v) is 2.96. The summed E-state index contributed by atoms with van der Waals surface area (Å²) < 4.78 is 0. The zero-order valence-corrected chi connectivity index (χ0v) is 11.2. The van der Waals surface area contributed by atoms with E-state index in [2.05, 4.69) is 10.6 Å². The van der Waals surface area contributed by atoms with E-state index >= 15 is 0 Å². The van der Waals surface area contributed by atoms with E-state index in [9.17, 15) is 4.79 Å². The molecule has 0 aliphatic heterocycles. The molecule has 1 aromatic carbocycles. The van der Waals surface area contributed by atoms with Gasteiger partial charge in [-0.15, -0.1) is 0 Å². The van der Waals surface area contributed by atoms with Crippen molar-refractivity contribution in [3.8, 4) is 0 Å². The fourth-order valence-corrected chi connectivity index (χ4v) is 1.99. The summed E-state index contributed by atoms with van der Waals surface area (Å²) in [6.07, 6.45) is 0. The summed E-state index contributed by atoms with van der Waals surface area (Å²) in [7, 11) is 0. The van der Waals surface area contributed by atoms with Gasteiger partial charge in [0.15, 0.2) is 0 Å². The molecule has 0 heterocycles. The van der Waals surface area contributed by atoms with Gasteiger partial charge in [-0.3, -0.25) is 10.1 Å². The molecule has 17 heavy (non-hydrogen) atoms. The first kappa shape index (κ1) is 14.0. The fourth-order valence-electron chi connectivity index (χ4n) is 1.69. The highest BCUT2D eigenvalue weighted by atomic mass is 35.5. The standard InChI is InChI=1S/C13H19ClN2O/c1-4-15-13(17)10(3)16-9(2)11-7-5-6-8-12(11)14/h5-10,16H,4H2,1-3H3,(H,15,17)/t9-,10?/m1/s1. The maximum absolute atomic E-state index is 11.6. The van der Waals surface area contributed by atoms with Crippen molar-refractivity contribution in [3.63, 3.8) is 0 Å². The van der Waals surface area contributed by atoms with Gasteiger partial charge in [-0.05, 0) is 32.4 Å². The molecule has 4 heteroatoms. The van der Waals surface area contributed by atoms with Crippen LogP contribution in [0.2, 0.25) is 5.02 Å². The molecule has 0 bridgehead atoms. The lowest BCUT2D eigenvalue weighted by Crippen LogP contribution is -2.43. The number of benzene rings is 1. The van der Waals surface area contributed by atoms with Gasteiger partial charge in [0, 0.05) is 17.6 Å². The second kappa shape index (κ2) is 6.62. The van der Waals surface area contributed by atoms with Crippen LogP contribution in [0.3, 0.4) is 0 Å². The van der Waals surface area contributed by atoms with Crippen molar-refractivity contribution in [1.29, 1.82) is 0 Å². The summed E-state index contributed by atoms with van der Waals surface area (Å²) in [5, 5.41) is 6.73. The van der Waals surface area contributed by atoms with Gasteiger partial charge >= 0.3 is 0 Å². The average Bonchev–Trinajstić information content (AvgIpc) is 2.29. The van der Waals surface area contributed by atoms with Crippen molar-refractivity contribution in [2.45, 2.75) is 32.9 Å². The Kier molecular flexibility index (Phi) is 5.45. The zero-order chi connectivity index (χ0) is 12.8. The van der Waals surface area contributed by atoms with E-state index < -0.39 is 0 Å². The topological polar surface area (TPSA) is 41.1 Å². The van der Waals surface area contributed by atoms with Crippen molar-refractivity contribution in [1.82, 2.24) is 10.6 Å². The van der Waals surface area contributed by atoms with Crippen molar-refractivity contribution in [2.24, 2.45) is 0 Å². The molecule has 3 nitrogen and oxygen atoms in total. The number of nitrogens with one attached hydrogen (secondary N) is 2. The van der Waals surface area contributed by atoms with Gasteiger partial charge in [-0.2, -0.15) is 0 Å². The Morgan fingerprint density at radius 1 is 1.35 bits per heavy atom. The van der Waals surface area contributed by atoms with Crippen LogP contribution in [0.25, 0.3) is 0 Å². The predicted octanol–water partition coefficient (Wildman–Crippen LogP) is 2.52. The molecule has 0 radical (unpaired) electrons. The molecule has 0 fully saturated rings. The Morgan fingerprint density at radius 2 is 2.00 bits per heavy atom. The lowest BCUT2D eigenvalue weighted by atomic mass is 10.1. The third-order valence-electron chi connectivity index (χ3n) is 2.62. The van der Waals surface area contributed by atoms with Gasteiger partial charge < -0.3 is 5.32 Å². The molecule has 94 valence electrons. The Balaban J connectivity index is 2.63. The number of carbonyl (C=O) groups excluding carboxylic acids is 1. The molecule has 1 aromatic rings. The molecular formula is C13H19ClN2O. The van der Waals surface area contributed by atoms with Gasteiger partial charge in [-0.25, -0.2) is 0 Å². The minimum absolute atomic E-state index is 0.00593. The molecule has 2 N–H and O–H groups in total. The second-order valence-electron chi connectivity index (χ2n) is 4.03. The maximum Gasteiger partial charge on any atom is 0.236 e. The molecule has 0 saturated heterocycles. The number of likely N-dealkylation sites (N-methyl/N-ethyl adjacent to an activating group) is 1. The van der Waals surface area contributed by atoms with Crippen LogP contribution >= 0.6 is 11.6 Å². The van der Waals surface area contributed by atoms with Crippen molar-refractivity contribution in [3.05, 3.63) is 34.9 Å². The minimum atomic E-state index is -0.235. The summed E-state index contributed by atoms with van der Waals surface area (Å²) in [4.78, 5) is 11.6. The smallest absolute Gasteiger partial charge is 0.236 e. The van der Waals surface area contributed by atoms with Crippen molar-refractivity contribution < 1.29 is 4.79 Å². The van der Waals surface area contributed by atoms with Gasteiger partial charge in [0.05, 0.1) is 6.04 Å². The molecule has 0 spiro atoms. The van der Waals surface area contributed by atoms with Crippen LogP contribution in [0, 0.1) is 0 Å². The van der Waals surface area contributed by atoms with E-state index in [4.69, 9.17) is 11.6 Å². The quantitative estimate of drug-likeness (QED) is 0.848. The maximum atomic E-state index is 11.6. The van der Waals surface area contributed by atoms with Crippen molar-refractivity contribution >= 4 is 17.5 Å². The summed E-state index contributed by atoms with van der Waals surface area (Å²) in [6.45, 7) is 6.39. The van der Waals surface area contributed by atoms with Crippen LogP contribution in [-0.2, 0) is 4.79 Å². The lowest BCUT2D eigenvalue weighted by molar-refractivity contribution is -0.122. The molecule has 1 unspecified atom stereocenters. The average molecular weight is 255 g/mol. The molecule has 2 atom stereocenters. The number of amides is 1. The van der Waals surface area contributed by atoms with Gasteiger partial charge in [0.25, 0.3) is 0 Å². The van der Waals surface area contributed by atoms with E-state index in [1.165, 1.54) is 0 Å². The summed E-state index contributed by atoms with van der Waals surface area (Å²) >= 11 is 6.10. The number of hydrogen-bond acceptors (Lipinski definition) is 2. The Morgan fingerprint density at radius 3 is 2.59 bits per heavy atom. The van der Waals surface area contributed by atoms with Crippen LogP contribution in [-0.4, -0.2) is 18.5 Å². The third kappa shape index (κ3) is 4.02. The predicted molar refractivity (Wildman–Crippen MR) is 71.1 cm³/mol. The number of hydrogen-bond donors (Lipinski definition) is 2. The largest absolute Gasteiger partial charge is 0.355 e. The number of halogens is 1. The first-order chi connectivity index (χ1) is 8.06. The molecule has 0 aliphatic rings. The van der Waals surface area contributed by atoms with E-state index in [1.54, 1.807) is 0 Å². The van der Waals surface area contributed by atoms with Crippen molar-refractivity contribution in [2.75, 3.05) is 6.54 Å². The minimum Gasteiger partial charge on any atom is -0.355 e. The van der Waals surface area contributed by atoms with Gasteiger partial charge in [-0.1, -0.05) is 29.8 Å². The highest BCUT2D eigenvalue weighted by Gasteiger charge is 2.16. The SMILES string of the molecule is CCNC(=O)C(C)N[C@H](C)c1ccccc1Cl. The molecule has 1 amide bonds. The summed E-state index contributed by atoms with van der Waals surface area (Å²) in [5.41, 5.74) is 1.00. The molecule has 0 aliphatic carbocycles. The van der Waals surface area contributed by atoms with Crippen LogP contribution in [0.15, 0.2) is 24.3 Å². The second-order valence-corrected chi connectivity index (χ2v) is 4.43. The molecular weight excluding hydrogens is 236 g/mol. The molecule has 1 rings (SSSR count). The fraction of sp³-hybridized carbons (Fsp3) is 0.462. The van der Waals surface area contributed by atoms with Crippen LogP contribution < -0.4 is 10.6 Å². The van der Waals surface area contributed by atoms with E-state index in [0.717, 1.165) is 10.6 Å². The first-order valence-electron chi connectivity index (χ1n) is 5.84. The monoisotopic (exact) mass is 254 g/mol. The van der Waals surface area contributed by atoms with Crippen LogP contribution in [0.4, 0.5) is 0 Å². The van der Waals surface area contributed by atoms with Gasteiger partial charge in [0.1, 0.15) is 0 Å². The number of carbonyl (C=O) groups is 1. The highest BCUT2D eigenvalue weighted by molar-refractivity contribution is 6.31. The van der Waals surface area contributed by atoms with E-state index in [1.807, 2.05) is 45.0 Å². The Labute approximate surface area is 108 Å².